The van der Waals surface area contributed by atoms with E-state index in [1.807, 2.05) is 20.8 Å². The third-order valence-corrected chi connectivity index (χ3v) is 3.03. The summed E-state index contributed by atoms with van der Waals surface area (Å²) in [6.07, 6.45) is -0.107. The molecule has 0 bridgehead atoms. The van der Waals surface area contributed by atoms with Crippen molar-refractivity contribution in [2.75, 3.05) is 7.11 Å². The molecule has 1 N–H and O–H groups in total. The van der Waals surface area contributed by atoms with Gasteiger partial charge in [0.15, 0.2) is 0 Å². The number of ether oxygens (including phenoxy) is 1. The molecular weight excluding hydrogens is 258 g/mol. The molecule has 0 radical (unpaired) electrons. The minimum atomic E-state index is -0.311. The summed E-state index contributed by atoms with van der Waals surface area (Å²) in [4.78, 5) is 16.5. The average Bonchev–Trinajstić information content (AvgIpc) is 2.83. The minimum absolute atomic E-state index is 0.00800. The van der Waals surface area contributed by atoms with Crippen LogP contribution in [0.1, 0.15) is 32.8 Å². The van der Waals surface area contributed by atoms with Gasteiger partial charge in [-0.25, -0.2) is 0 Å². The van der Waals surface area contributed by atoms with Crippen LogP contribution in [0.4, 0.5) is 0 Å². The first-order valence-corrected chi connectivity index (χ1v) is 6.71. The lowest BCUT2D eigenvalue weighted by molar-refractivity contribution is -0.143. The van der Waals surface area contributed by atoms with Gasteiger partial charge in [-0.3, -0.25) is 4.79 Å². The van der Waals surface area contributed by atoms with Crippen molar-refractivity contribution in [3.8, 4) is 5.75 Å². The number of esters is 1. The van der Waals surface area contributed by atoms with Crippen LogP contribution < -0.4 is 0 Å². The number of aromatic hydroxyl groups is 1. The zero-order chi connectivity index (χ0) is 15.1. The highest BCUT2D eigenvalue weighted by atomic mass is 16.6. The summed E-state index contributed by atoms with van der Waals surface area (Å²) in [6, 6.07) is 6.74. The van der Waals surface area contributed by atoms with Gasteiger partial charge in [-0.05, 0) is 29.8 Å². The molecule has 20 heavy (non-hydrogen) atoms. The number of carbonyl (C=O) groups excluding carboxylic acids is 1. The summed E-state index contributed by atoms with van der Waals surface area (Å²) >= 11 is 0. The predicted octanol–water partition coefficient (Wildman–Crippen LogP) is 2.72. The Morgan fingerprint density at radius 1 is 1.35 bits per heavy atom. The lowest BCUT2D eigenvalue weighted by Gasteiger charge is -2.13. The van der Waals surface area contributed by atoms with Crippen LogP contribution in [0, 0.1) is 5.92 Å². The van der Waals surface area contributed by atoms with Crippen molar-refractivity contribution >= 4 is 11.7 Å². The molecule has 0 aromatic heterocycles. The molecule has 1 aromatic carbocycles. The van der Waals surface area contributed by atoms with Crippen molar-refractivity contribution in [2.24, 2.45) is 11.1 Å². The number of phenols is 1. The Balaban J connectivity index is 0.000000956. The van der Waals surface area contributed by atoms with Gasteiger partial charge in [-0.2, -0.15) is 0 Å². The summed E-state index contributed by atoms with van der Waals surface area (Å²) in [6.45, 7) is 5.95. The van der Waals surface area contributed by atoms with Crippen molar-refractivity contribution in [1.29, 1.82) is 0 Å². The van der Waals surface area contributed by atoms with Crippen LogP contribution in [0.25, 0.3) is 0 Å². The van der Waals surface area contributed by atoms with Crippen molar-refractivity contribution < 1.29 is 19.5 Å². The number of nitrogens with zero attached hydrogens (tertiary/aromatic N) is 1. The van der Waals surface area contributed by atoms with Crippen molar-refractivity contribution in [2.45, 2.75) is 33.3 Å². The third kappa shape index (κ3) is 3.73. The quantitative estimate of drug-likeness (QED) is 0.864. The molecule has 0 spiro atoms. The van der Waals surface area contributed by atoms with E-state index in [4.69, 9.17) is 4.84 Å². The van der Waals surface area contributed by atoms with Crippen LogP contribution in [-0.2, 0) is 14.4 Å². The number of hydrogen-bond acceptors (Lipinski definition) is 5. The molecule has 0 saturated carbocycles. The fraction of sp³-hybridized carbons (Fsp3) is 0.467. The van der Waals surface area contributed by atoms with E-state index in [9.17, 15) is 9.90 Å². The number of oxime groups is 1. The molecule has 1 aliphatic heterocycles. The molecule has 5 heteroatoms. The fourth-order valence-corrected chi connectivity index (χ4v) is 1.88. The molecule has 0 aliphatic carbocycles. The molecule has 1 aromatic rings. The summed E-state index contributed by atoms with van der Waals surface area (Å²) in [5, 5.41) is 13.2. The monoisotopic (exact) mass is 279 g/mol. The smallest absolute Gasteiger partial charge is 0.309 e. The van der Waals surface area contributed by atoms with E-state index in [1.165, 1.54) is 7.11 Å². The van der Waals surface area contributed by atoms with Gasteiger partial charge in [0.1, 0.15) is 11.9 Å². The number of carbonyl (C=O) groups is 1. The van der Waals surface area contributed by atoms with E-state index in [1.54, 1.807) is 24.3 Å². The topological polar surface area (TPSA) is 68.1 Å². The second-order valence-corrected chi connectivity index (χ2v) is 4.24. The van der Waals surface area contributed by atoms with Gasteiger partial charge in [0.05, 0.1) is 19.2 Å². The number of hydrogen-bond donors (Lipinski definition) is 1. The van der Waals surface area contributed by atoms with Gasteiger partial charge >= 0.3 is 5.97 Å². The molecule has 2 atom stereocenters. The van der Waals surface area contributed by atoms with Gasteiger partial charge in [0.2, 0.25) is 0 Å². The van der Waals surface area contributed by atoms with Gasteiger partial charge in [-0.1, -0.05) is 25.9 Å². The van der Waals surface area contributed by atoms with Crippen LogP contribution in [0.15, 0.2) is 29.4 Å². The van der Waals surface area contributed by atoms with Crippen molar-refractivity contribution in [3.05, 3.63) is 29.8 Å². The van der Waals surface area contributed by atoms with Crippen LogP contribution in [0.5, 0.6) is 5.75 Å². The number of rotatable bonds is 3. The van der Waals surface area contributed by atoms with E-state index in [0.717, 1.165) is 11.3 Å². The standard InChI is InChI=1S/C13H15NO4.C2H6/c1-8-11(7-12(16)17-2)18-14-13(8)9-3-5-10(15)6-4-9;1-2/h3-6,8,11,15H,7H2,1-2H3;1-2H3. The Morgan fingerprint density at radius 3 is 2.50 bits per heavy atom. The maximum absolute atomic E-state index is 11.2. The molecule has 2 unspecified atom stereocenters. The normalized spacial score (nSPS) is 20.3. The summed E-state index contributed by atoms with van der Waals surface area (Å²) < 4.78 is 4.61. The molecule has 1 heterocycles. The van der Waals surface area contributed by atoms with Gasteiger partial charge in [-0.15, -0.1) is 0 Å². The van der Waals surface area contributed by atoms with E-state index in [2.05, 4.69) is 9.89 Å². The summed E-state index contributed by atoms with van der Waals surface area (Å²) in [5.41, 5.74) is 1.66. The van der Waals surface area contributed by atoms with E-state index in [-0.39, 0.29) is 30.2 Å². The molecule has 110 valence electrons. The second-order valence-electron chi connectivity index (χ2n) is 4.24. The zero-order valence-electron chi connectivity index (χ0n) is 12.3. The number of methoxy groups -OCH3 is 1. The Hall–Kier alpha value is -2.04. The Bertz CT molecular complexity index is 467. The highest BCUT2D eigenvalue weighted by Gasteiger charge is 2.33. The maximum Gasteiger partial charge on any atom is 0.309 e. The lowest BCUT2D eigenvalue weighted by atomic mass is 9.92. The molecule has 5 nitrogen and oxygen atoms in total. The Morgan fingerprint density at radius 2 is 1.95 bits per heavy atom. The lowest BCUT2D eigenvalue weighted by Crippen LogP contribution is -2.24. The average molecular weight is 279 g/mol. The SMILES string of the molecule is CC.COC(=O)CC1ON=C(c2ccc(O)cc2)C1C. The van der Waals surface area contributed by atoms with Crippen LogP contribution >= 0.6 is 0 Å². The van der Waals surface area contributed by atoms with Gasteiger partial charge < -0.3 is 14.7 Å². The first-order chi connectivity index (χ1) is 9.61. The Kier molecular flexibility index (Phi) is 6.03. The third-order valence-electron chi connectivity index (χ3n) is 3.03. The molecular formula is C15H21NO4. The van der Waals surface area contributed by atoms with E-state index in [0.29, 0.717) is 0 Å². The molecule has 0 amide bonds. The molecule has 0 fully saturated rings. The Labute approximate surface area is 119 Å². The van der Waals surface area contributed by atoms with E-state index >= 15 is 0 Å². The second kappa shape index (κ2) is 7.53. The highest BCUT2D eigenvalue weighted by molar-refractivity contribution is 6.03. The van der Waals surface area contributed by atoms with E-state index < -0.39 is 0 Å². The number of benzene rings is 1. The summed E-state index contributed by atoms with van der Waals surface area (Å²) in [5.74, 6) is -0.0975. The summed E-state index contributed by atoms with van der Waals surface area (Å²) in [7, 11) is 1.35. The van der Waals surface area contributed by atoms with Crippen LogP contribution in [0.2, 0.25) is 0 Å². The minimum Gasteiger partial charge on any atom is -0.508 e. The molecule has 0 saturated heterocycles. The largest absolute Gasteiger partial charge is 0.508 e. The molecule has 2 rings (SSSR count). The van der Waals surface area contributed by atoms with Gasteiger partial charge in [0.25, 0.3) is 0 Å². The fourth-order valence-electron chi connectivity index (χ4n) is 1.88. The van der Waals surface area contributed by atoms with Gasteiger partial charge in [0, 0.05) is 5.92 Å². The maximum atomic E-state index is 11.2. The number of phenolic OH excluding ortho intramolecular Hbond substituents is 1. The van der Waals surface area contributed by atoms with Crippen LogP contribution in [-0.4, -0.2) is 30.0 Å². The van der Waals surface area contributed by atoms with Crippen molar-refractivity contribution in [3.63, 3.8) is 0 Å². The van der Waals surface area contributed by atoms with Crippen LogP contribution in [0.3, 0.4) is 0 Å². The highest BCUT2D eigenvalue weighted by Crippen LogP contribution is 2.26. The van der Waals surface area contributed by atoms with Crippen molar-refractivity contribution in [1.82, 2.24) is 0 Å². The molecule has 1 aliphatic rings. The first-order valence-electron chi connectivity index (χ1n) is 6.71. The predicted molar refractivity (Wildman–Crippen MR) is 76.7 cm³/mol. The first kappa shape index (κ1) is 16.0. The zero-order valence-corrected chi connectivity index (χ0v) is 12.3.